The fraction of sp³-hybridized carbons (Fsp3) is 0.125. The number of methoxy groups -OCH3 is 2. The number of amides is 1. The molecule has 3 rings (SSSR count). The Morgan fingerprint density at radius 1 is 0.800 bits per heavy atom. The Labute approximate surface area is 207 Å². The molecule has 0 spiro atoms. The van der Waals surface area contributed by atoms with Crippen LogP contribution in [-0.4, -0.2) is 40.5 Å². The second-order valence-corrected chi connectivity index (χ2v) is 9.40. The first-order chi connectivity index (χ1) is 16.6. The van der Waals surface area contributed by atoms with Crippen LogP contribution in [0.5, 0.6) is 0 Å². The number of carbonyl (C=O) groups is 3. The Bertz CT molecular complexity index is 1400. The molecule has 1 amide bonds. The normalized spacial score (nSPS) is 10.9. The van der Waals surface area contributed by atoms with E-state index in [9.17, 15) is 22.8 Å². The molecule has 0 aliphatic heterocycles. The summed E-state index contributed by atoms with van der Waals surface area (Å²) < 4.78 is 37.1. The molecule has 0 aliphatic carbocycles. The van der Waals surface area contributed by atoms with E-state index in [1.54, 1.807) is 12.1 Å². The number of carbonyl (C=O) groups excluding carboxylic acids is 3. The quantitative estimate of drug-likeness (QED) is 0.449. The zero-order chi connectivity index (χ0) is 25.8. The standard InChI is InChI=1S/C24H21ClN2O7S/c1-14-4-8-17(9-5-14)35(31,32)27-20-11-7-15(12-19(20)25)22(28)26-21-13-16(23(29)33-2)6-10-18(21)24(30)34-3/h4-13,27H,1-3H3,(H,26,28). The lowest BCUT2D eigenvalue weighted by Crippen LogP contribution is -2.17. The first-order valence-corrected chi connectivity index (χ1v) is 11.9. The van der Waals surface area contributed by atoms with Crippen molar-refractivity contribution >= 4 is 50.8 Å². The molecule has 182 valence electrons. The van der Waals surface area contributed by atoms with Crippen molar-refractivity contribution in [3.05, 3.63) is 87.9 Å². The van der Waals surface area contributed by atoms with Gasteiger partial charge in [0.2, 0.25) is 0 Å². The summed E-state index contributed by atoms with van der Waals surface area (Å²) in [6.07, 6.45) is 0. The molecule has 0 fully saturated rings. The van der Waals surface area contributed by atoms with Crippen molar-refractivity contribution in [2.45, 2.75) is 11.8 Å². The molecule has 0 heterocycles. The number of halogens is 1. The van der Waals surface area contributed by atoms with Crippen molar-refractivity contribution in [1.82, 2.24) is 0 Å². The highest BCUT2D eigenvalue weighted by molar-refractivity contribution is 7.92. The second-order valence-electron chi connectivity index (χ2n) is 7.31. The van der Waals surface area contributed by atoms with Crippen molar-refractivity contribution in [1.29, 1.82) is 0 Å². The van der Waals surface area contributed by atoms with Gasteiger partial charge in [-0.1, -0.05) is 29.3 Å². The van der Waals surface area contributed by atoms with E-state index in [-0.39, 0.29) is 38.0 Å². The minimum atomic E-state index is -3.90. The van der Waals surface area contributed by atoms with E-state index in [1.807, 2.05) is 6.92 Å². The molecular formula is C24H21ClN2O7S. The van der Waals surface area contributed by atoms with E-state index in [1.165, 1.54) is 62.8 Å². The molecule has 0 saturated heterocycles. The summed E-state index contributed by atoms with van der Waals surface area (Å²) in [5.74, 6) is -2.05. The van der Waals surface area contributed by atoms with Crippen molar-refractivity contribution in [2.75, 3.05) is 24.3 Å². The third-order valence-corrected chi connectivity index (χ3v) is 6.60. The lowest BCUT2D eigenvalue weighted by molar-refractivity contribution is 0.0587. The fourth-order valence-corrected chi connectivity index (χ4v) is 4.40. The molecule has 35 heavy (non-hydrogen) atoms. The van der Waals surface area contributed by atoms with Crippen LogP contribution < -0.4 is 10.0 Å². The van der Waals surface area contributed by atoms with Crippen LogP contribution >= 0.6 is 11.6 Å². The first-order valence-electron chi connectivity index (χ1n) is 10.1. The van der Waals surface area contributed by atoms with Crippen LogP contribution in [0.1, 0.15) is 36.6 Å². The molecule has 0 aromatic heterocycles. The molecule has 9 nitrogen and oxygen atoms in total. The molecule has 0 bridgehead atoms. The summed E-state index contributed by atoms with van der Waals surface area (Å²) in [7, 11) is -1.52. The number of nitrogens with one attached hydrogen (secondary N) is 2. The fourth-order valence-electron chi connectivity index (χ4n) is 3.04. The number of hydrogen-bond donors (Lipinski definition) is 2. The molecule has 0 atom stereocenters. The predicted octanol–water partition coefficient (Wildman–Crippen LogP) is 4.27. The molecular weight excluding hydrogens is 496 g/mol. The lowest BCUT2D eigenvalue weighted by atomic mass is 10.1. The predicted molar refractivity (Wildman–Crippen MR) is 131 cm³/mol. The van der Waals surface area contributed by atoms with E-state index < -0.39 is 27.9 Å². The van der Waals surface area contributed by atoms with Gasteiger partial charge in [-0.2, -0.15) is 0 Å². The van der Waals surface area contributed by atoms with Gasteiger partial charge in [0.25, 0.3) is 15.9 Å². The monoisotopic (exact) mass is 516 g/mol. The summed E-state index contributed by atoms with van der Waals surface area (Å²) in [4.78, 5) is 36.9. The van der Waals surface area contributed by atoms with Gasteiger partial charge in [0.05, 0.1) is 46.6 Å². The molecule has 3 aromatic carbocycles. The van der Waals surface area contributed by atoms with E-state index in [0.29, 0.717) is 0 Å². The Kier molecular flexibility index (Phi) is 7.78. The summed E-state index contributed by atoms with van der Waals surface area (Å²) in [5.41, 5.74) is 1.20. The molecule has 0 saturated carbocycles. The minimum Gasteiger partial charge on any atom is -0.465 e. The van der Waals surface area contributed by atoms with Gasteiger partial charge in [-0.05, 0) is 55.5 Å². The van der Waals surface area contributed by atoms with Gasteiger partial charge in [-0.25, -0.2) is 18.0 Å². The Balaban J connectivity index is 1.86. The average molecular weight is 517 g/mol. The van der Waals surface area contributed by atoms with Gasteiger partial charge in [-0.3, -0.25) is 9.52 Å². The average Bonchev–Trinajstić information content (AvgIpc) is 2.84. The third kappa shape index (κ3) is 5.97. The molecule has 0 aliphatic rings. The summed E-state index contributed by atoms with van der Waals surface area (Å²) in [5, 5.41) is 2.52. The summed E-state index contributed by atoms with van der Waals surface area (Å²) in [6.45, 7) is 1.84. The highest BCUT2D eigenvalue weighted by Crippen LogP contribution is 2.27. The third-order valence-electron chi connectivity index (χ3n) is 4.90. The molecule has 11 heteroatoms. The number of esters is 2. The van der Waals surface area contributed by atoms with Crippen LogP contribution in [0.15, 0.2) is 65.6 Å². The van der Waals surface area contributed by atoms with Crippen LogP contribution in [0, 0.1) is 6.92 Å². The zero-order valence-corrected chi connectivity index (χ0v) is 20.5. The molecule has 2 N–H and O–H groups in total. The maximum Gasteiger partial charge on any atom is 0.339 e. The van der Waals surface area contributed by atoms with E-state index in [0.717, 1.165) is 5.56 Å². The van der Waals surface area contributed by atoms with Crippen LogP contribution in [0.25, 0.3) is 0 Å². The number of anilines is 2. The Morgan fingerprint density at radius 3 is 2.03 bits per heavy atom. The van der Waals surface area contributed by atoms with Crippen LogP contribution in [0.4, 0.5) is 11.4 Å². The maximum atomic E-state index is 12.9. The van der Waals surface area contributed by atoms with E-state index in [2.05, 4.69) is 14.8 Å². The second kappa shape index (κ2) is 10.6. The zero-order valence-electron chi connectivity index (χ0n) is 18.9. The summed E-state index contributed by atoms with van der Waals surface area (Å²) >= 11 is 6.24. The van der Waals surface area contributed by atoms with Crippen molar-refractivity contribution in [3.63, 3.8) is 0 Å². The SMILES string of the molecule is COC(=O)c1ccc(C(=O)OC)c(NC(=O)c2ccc(NS(=O)(=O)c3ccc(C)cc3)c(Cl)c2)c1. The number of sulfonamides is 1. The highest BCUT2D eigenvalue weighted by atomic mass is 35.5. The van der Waals surface area contributed by atoms with Gasteiger partial charge in [-0.15, -0.1) is 0 Å². The van der Waals surface area contributed by atoms with E-state index in [4.69, 9.17) is 16.3 Å². The van der Waals surface area contributed by atoms with Crippen LogP contribution in [0.2, 0.25) is 5.02 Å². The van der Waals surface area contributed by atoms with Gasteiger partial charge in [0.1, 0.15) is 0 Å². The maximum absolute atomic E-state index is 12.9. The highest BCUT2D eigenvalue weighted by Gasteiger charge is 2.20. The Hall–Kier alpha value is -3.89. The molecule has 0 unspecified atom stereocenters. The smallest absolute Gasteiger partial charge is 0.339 e. The van der Waals surface area contributed by atoms with Gasteiger partial charge in [0.15, 0.2) is 0 Å². The lowest BCUT2D eigenvalue weighted by Gasteiger charge is -2.13. The largest absolute Gasteiger partial charge is 0.465 e. The molecule has 0 radical (unpaired) electrons. The van der Waals surface area contributed by atoms with Crippen molar-refractivity contribution < 1.29 is 32.3 Å². The van der Waals surface area contributed by atoms with E-state index >= 15 is 0 Å². The van der Waals surface area contributed by atoms with Crippen molar-refractivity contribution in [2.24, 2.45) is 0 Å². The minimum absolute atomic E-state index is 0.0158. The summed E-state index contributed by atoms with van der Waals surface area (Å²) in [6, 6.07) is 14.2. The van der Waals surface area contributed by atoms with Crippen molar-refractivity contribution in [3.8, 4) is 0 Å². The van der Waals surface area contributed by atoms with Gasteiger partial charge in [0, 0.05) is 5.56 Å². The van der Waals surface area contributed by atoms with Gasteiger partial charge >= 0.3 is 11.9 Å². The van der Waals surface area contributed by atoms with Gasteiger partial charge < -0.3 is 14.8 Å². The Morgan fingerprint density at radius 2 is 1.43 bits per heavy atom. The topological polar surface area (TPSA) is 128 Å². The number of hydrogen-bond acceptors (Lipinski definition) is 7. The first kappa shape index (κ1) is 25.7. The van der Waals surface area contributed by atoms with Crippen LogP contribution in [0.3, 0.4) is 0 Å². The van der Waals surface area contributed by atoms with Crippen LogP contribution in [-0.2, 0) is 19.5 Å². The number of ether oxygens (including phenoxy) is 2. The molecule has 3 aromatic rings. The number of rotatable bonds is 7. The number of aryl methyl sites for hydroxylation is 1. The number of benzene rings is 3.